The fourth-order valence-corrected chi connectivity index (χ4v) is 1.93. The molecule has 0 aliphatic rings. The Labute approximate surface area is 116 Å². The topological polar surface area (TPSA) is 68.0 Å². The number of nitrogen functional groups attached to an aromatic ring is 1. The first kappa shape index (κ1) is 14.0. The average molecular weight is 273 g/mol. The van der Waals surface area contributed by atoms with Crippen molar-refractivity contribution in [1.29, 1.82) is 0 Å². The Morgan fingerprint density at radius 1 is 1.20 bits per heavy atom. The Balaban J connectivity index is 2.28. The third-order valence-electron chi connectivity index (χ3n) is 2.99. The van der Waals surface area contributed by atoms with Crippen molar-refractivity contribution in [3.63, 3.8) is 0 Å². The van der Waals surface area contributed by atoms with Gasteiger partial charge in [0.2, 0.25) is 0 Å². The van der Waals surface area contributed by atoms with Gasteiger partial charge in [-0.25, -0.2) is 9.37 Å². The highest BCUT2D eigenvalue weighted by atomic mass is 19.1. The Morgan fingerprint density at radius 2 is 1.90 bits per heavy atom. The predicted molar refractivity (Wildman–Crippen MR) is 77.2 cm³/mol. The molecule has 1 amide bonds. The SMILES string of the molecule is Cc1cc(C)nc(NC(=O)c2cc(N)c(C)c(F)c2)c1. The summed E-state index contributed by atoms with van der Waals surface area (Å²) >= 11 is 0. The van der Waals surface area contributed by atoms with Crippen molar-refractivity contribution in [3.8, 4) is 0 Å². The van der Waals surface area contributed by atoms with Gasteiger partial charge >= 0.3 is 0 Å². The van der Waals surface area contributed by atoms with E-state index in [0.717, 1.165) is 11.3 Å². The van der Waals surface area contributed by atoms with Crippen LogP contribution >= 0.6 is 0 Å². The van der Waals surface area contributed by atoms with Crippen LogP contribution in [0.3, 0.4) is 0 Å². The zero-order valence-corrected chi connectivity index (χ0v) is 11.6. The molecule has 104 valence electrons. The number of amides is 1. The smallest absolute Gasteiger partial charge is 0.256 e. The third-order valence-corrected chi connectivity index (χ3v) is 2.99. The number of benzene rings is 1. The van der Waals surface area contributed by atoms with Gasteiger partial charge < -0.3 is 11.1 Å². The Bertz CT molecular complexity index is 640. The van der Waals surface area contributed by atoms with E-state index >= 15 is 0 Å². The lowest BCUT2D eigenvalue weighted by atomic mass is 10.1. The molecule has 0 spiro atoms. The van der Waals surface area contributed by atoms with Gasteiger partial charge in [0.05, 0.1) is 0 Å². The lowest BCUT2D eigenvalue weighted by Crippen LogP contribution is -2.14. The van der Waals surface area contributed by atoms with E-state index in [4.69, 9.17) is 5.73 Å². The molecule has 0 saturated heterocycles. The van der Waals surface area contributed by atoms with Gasteiger partial charge in [-0.15, -0.1) is 0 Å². The molecule has 0 aliphatic heterocycles. The summed E-state index contributed by atoms with van der Waals surface area (Å²) in [6.07, 6.45) is 0. The minimum atomic E-state index is -0.497. The quantitative estimate of drug-likeness (QED) is 0.826. The molecule has 0 atom stereocenters. The largest absolute Gasteiger partial charge is 0.398 e. The zero-order chi connectivity index (χ0) is 14.9. The second-order valence-electron chi connectivity index (χ2n) is 4.80. The highest BCUT2D eigenvalue weighted by Gasteiger charge is 2.12. The van der Waals surface area contributed by atoms with Crippen molar-refractivity contribution in [2.45, 2.75) is 20.8 Å². The van der Waals surface area contributed by atoms with Crippen LogP contribution in [0.4, 0.5) is 15.9 Å². The van der Waals surface area contributed by atoms with Crippen molar-refractivity contribution in [2.24, 2.45) is 0 Å². The molecule has 0 unspecified atom stereocenters. The van der Waals surface area contributed by atoms with Gasteiger partial charge in [-0.3, -0.25) is 4.79 Å². The molecule has 0 saturated carbocycles. The molecule has 4 nitrogen and oxygen atoms in total. The average Bonchev–Trinajstić information content (AvgIpc) is 2.33. The number of nitrogens with zero attached hydrogens (tertiary/aromatic N) is 1. The molecule has 0 bridgehead atoms. The van der Waals surface area contributed by atoms with Crippen molar-refractivity contribution < 1.29 is 9.18 Å². The fourth-order valence-electron chi connectivity index (χ4n) is 1.93. The van der Waals surface area contributed by atoms with Crippen molar-refractivity contribution in [1.82, 2.24) is 4.98 Å². The normalized spacial score (nSPS) is 10.4. The summed E-state index contributed by atoms with van der Waals surface area (Å²) in [6.45, 7) is 5.32. The molecule has 3 N–H and O–H groups in total. The molecular weight excluding hydrogens is 257 g/mol. The monoisotopic (exact) mass is 273 g/mol. The van der Waals surface area contributed by atoms with E-state index in [-0.39, 0.29) is 11.3 Å². The number of hydrogen-bond donors (Lipinski definition) is 2. The summed E-state index contributed by atoms with van der Waals surface area (Å²) in [4.78, 5) is 16.3. The maximum atomic E-state index is 13.6. The number of aryl methyl sites for hydroxylation is 2. The summed E-state index contributed by atoms with van der Waals surface area (Å²) in [5, 5.41) is 2.64. The molecule has 1 heterocycles. The van der Waals surface area contributed by atoms with Crippen molar-refractivity contribution in [2.75, 3.05) is 11.1 Å². The van der Waals surface area contributed by atoms with Crippen molar-refractivity contribution in [3.05, 3.63) is 52.5 Å². The zero-order valence-electron chi connectivity index (χ0n) is 11.6. The highest BCUT2D eigenvalue weighted by molar-refractivity contribution is 6.04. The molecule has 5 heteroatoms. The molecular formula is C15H16FN3O. The predicted octanol–water partition coefficient (Wildman–Crippen LogP) is 2.98. The van der Waals surface area contributed by atoms with Crippen LogP contribution < -0.4 is 11.1 Å². The van der Waals surface area contributed by atoms with E-state index in [2.05, 4.69) is 10.3 Å². The van der Waals surface area contributed by atoms with Crippen LogP contribution in [0.5, 0.6) is 0 Å². The maximum Gasteiger partial charge on any atom is 0.256 e. The standard InChI is InChI=1S/C15H16FN3O/c1-8-4-9(2)18-14(5-8)19-15(20)11-6-12(16)10(3)13(17)7-11/h4-7H,17H2,1-3H3,(H,18,19,20). The van der Waals surface area contributed by atoms with Crippen molar-refractivity contribution >= 4 is 17.4 Å². The van der Waals surface area contributed by atoms with Crippen LogP contribution in [0.25, 0.3) is 0 Å². The summed E-state index contributed by atoms with van der Waals surface area (Å²) in [5.74, 6) is -0.497. The number of pyridine rings is 1. The summed E-state index contributed by atoms with van der Waals surface area (Å²) in [5.41, 5.74) is 8.22. The van der Waals surface area contributed by atoms with E-state index < -0.39 is 11.7 Å². The van der Waals surface area contributed by atoms with Crippen LogP contribution in [0, 0.1) is 26.6 Å². The molecule has 2 rings (SSSR count). The molecule has 0 radical (unpaired) electrons. The molecule has 1 aromatic heterocycles. The molecule has 20 heavy (non-hydrogen) atoms. The first-order valence-corrected chi connectivity index (χ1v) is 6.19. The Hall–Kier alpha value is -2.43. The summed E-state index contributed by atoms with van der Waals surface area (Å²) in [7, 11) is 0. The second-order valence-corrected chi connectivity index (χ2v) is 4.80. The first-order chi connectivity index (χ1) is 9.36. The first-order valence-electron chi connectivity index (χ1n) is 6.19. The van der Waals surface area contributed by atoms with Crippen LogP contribution in [0.2, 0.25) is 0 Å². The summed E-state index contributed by atoms with van der Waals surface area (Å²) in [6, 6.07) is 6.28. The van der Waals surface area contributed by atoms with Crippen LogP contribution in [0.15, 0.2) is 24.3 Å². The van der Waals surface area contributed by atoms with E-state index in [9.17, 15) is 9.18 Å². The lowest BCUT2D eigenvalue weighted by Gasteiger charge is -2.09. The van der Waals surface area contributed by atoms with E-state index in [1.54, 1.807) is 13.0 Å². The Morgan fingerprint density at radius 3 is 2.50 bits per heavy atom. The van der Waals surface area contributed by atoms with Gasteiger partial charge in [-0.05, 0) is 50.6 Å². The highest BCUT2D eigenvalue weighted by Crippen LogP contribution is 2.18. The number of hydrogen-bond acceptors (Lipinski definition) is 3. The molecule has 0 fully saturated rings. The number of anilines is 2. The van der Waals surface area contributed by atoms with Gasteiger partial charge in [0, 0.05) is 22.5 Å². The molecule has 1 aromatic carbocycles. The van der Waals surface area contributed by atoms with E-state index in [0.29, 0.717) is 11.4 Å². The van der Waals surface area contributed by atoms with Gasteiger partial charge in [-0.2, -0.15) is 0 Å². The number of aromatic nitrogens is 1. The van der Waals surface area contributed by atoms with Crippen LogP contribution in [0.1, 0.15) is 27.2 Å². The third kappa shape index (κ3) is 2.93. The number of nitrogens with two attached hydrogens (primary N) is 1. The molecule has 2 aromatic rings. The summed E-state index contributed by atoms with van der Waals surface area (Å²) < 4.78 is 13.6. The number of carbonyl (C=O) groups is 1. The lowest BCUT2D eigenvalue weighted by molar-refractivity contribution is 0.102. The molecule has 0 aliphatic carbocycles. The number of carbonyl (C=O) groups excluding carboxylic acids is 1. The van der Waals surface area contributed by atoms with E-state index in [1.807, 2.05) is 19.9 Å². The second kappa shape index (κ2) is 5.28. The maximum absolute atomic E-state index is 13.6. The minimum Gasteiger partial charge on any atom is -0.398 e. The van der Waals surface area contributed by atoms with Crippen LogP contribution in [-0.2, 0) is 0 Å². The van der Waals surface area contributed by atoms with E-state index in [1.165, 1.54) is 12.1 Å². The van der Waals surface area contributed by atoms with Gasteiger partial charge in [0.15, 0.2) is 0 Å². The number of rotatable bonds is 2. The minimum absolute atomic E-state index is 0.173. The fraction of sp³-hybridized carbons (Fsp3) is 0.200. The van der Waals surface area contributed by atoms with Crippen LogP contribution in [-0.4, -0.2) is 10.9 Å². The number of nitrogens with one attached hydrogen (secondary N) is 1. The number of halogens is 1. The van der Waals surface area contributed by atoms with Gasteiger partial charge in [-0.1, -0.05) is 0 Å². The van der Waals surface area contributed by atoms with Gasteiger partial charge in [0.25, 0.3) is 5.91 Å². The Kier molecular flexibility index (Phi) is 3.70. The van der Waals surface area contributed by atoms with Gasteiger partial charge in [0.1, 0.15) is 11.6 Å².